The van der Waals surface area contributed by atoms with Crippen molar-refractivity contribution in [2.75, 3.05) is 18.5 Å². The van der Waals surface area contributed by atoms with Gasteiger partial charge in [0.15, 0.2) is 0 Å². The summed E-state index contributed by atoms with van der Waals surface area (Å²) in [5.41, 5.74) is 1.71. The minimum atomic E-state index is -0.0727. The minimum absolute atomic E-state index is 0.0727. The molecule has 0 radical (unpaired) electrons. The van der Waals surface area contributed by atoms with Gasteiger partial charge in [-0.05, 0) is 44.0 Å². The van der Waals surface area contributed by atoms with Gasteiger partial charge in [0.25, 0.3) is 5.91 Å². The summed E-state index contributed by atoms with van der Waals surface area (Å²) in [6.45, 7) is 6.87. The second kappa shape index (κ2) is 7.10. The number of benzene rings is 1. The normalized spacial score (nSPS) is 20.9. The number of nitrogens with one attached hydrogen (secondary N) is 2. The van der Waals surface area contributed by atoms with Gasteiger partial charge in [0.2, 0.25) is 0 Å². The smallest absolute Gasteiger partial charge is 0.251 e. The van der Waals surface area contributed by atoms with Crippen LogP contribution >= 0.6 is 0 Å². The van der Waals surface area contributed by atoms with Gasteiger partial charge in [0.05, 0.1) is 6.10 Å². The van der Waals surface area contributed by atoms with E-state index in [1.54, 1.807) is 6.08 Å². The van der Waals surface area contributed by atoms with Crippen molar-refractivity contribution in [2.24, 2.45) is 0 Å². The van der Waals surface area contributed by atoms with Crippen LogP contribution in [0, 0.1) is 0 Å². The fraction of sp³-hybridized carbons (Fsp3) is 0.438. The van der Waals surface area contributed by atoms with E-state index >= 15 is 0 Å². The average Bonchev–Trinajstić information content (AvgIpc) is 2.43. The second-order valence-electron chi connectivity index (χ2n) is 4.97. The Kier molecular flexibility index (Phi) is 5.18. The van der Waals surface area contributed by atoms with Gasteiger partial charge in [0.1, 0.15) is 0 Å². The number of hydrogen-bond donors (Lipinski definition) is 2. The van der Waals surface area contributed by atoms with Crippen molar-refractivity contribution in [2.45, 2.75) is 31.9 Å². The Morgan fingerprint density at radius 3 is 2.70 bits per heavy atom. The standard InChI is InChI=1S/C16H22N2O2/c1-3-9-17-16(19)12-5-7-13(8-6-12)18-14-10-15(11-14)20-4-2/h3,5-8,14-15,18H,1,4,9-11H2,2H3,(H,17,19). The van der Waals surface area contributed by atoms with Crippen molar-refractivity contribution in [1.29, 1.82) is 0 Å². The molecule has 0 heterocycles. The van der Waals surface area contributed by atoms with E-state index in [1.807, 2.05) is 31.2 Å². The summed E-state index contributed by atoms with van der Waals surface area (Å²) in [4.78, 5) is 11.7. The van der Waals surface area contributed by atoms with E-state index in [0.717, 1.165) is 25.1 Å². The topological polar surface area (TPSA) is 50.4 Å². The molecule has 0 spiro atoms. The third-order valence-corrected chi connectivity index (χ3v) is 3.42. The van der Waals surface area contributed by atoms with E-state index in [-0.39, 0.29) is 5.91 Å². The molecule has 2 N–H and O–H groups in total. The third kappa shape index (κ3) is 3.84. The lowest BCUT2D eigenvalue weighted by Crippen LogP contribution is -2.40. The summed E-state index contributed by atoms with van der Waals surface area (Å²) in [6, 6.07) is 8.03. The van der Waals surface area contributed by atoms with Crippen LogP contribution in [-0.2, 0) is 4.74 Å². The molecular weight excluding hydrogens is 252 g/mol. The maximum atomic E-state index is 11.7. The Morgan fingerprint density at radius 2 is 2.10 bits per heavy atom. The fourth-order valence-electron chi connectivity index (χ4n) is 2.28. The Morgan fingerprint density at radius 1 is 1.40 bits per heavy atom. The van der Waals surface area contributed by atoms with Crippen LogP contribution in [-0.4, -0.2) is 31.2 Å². The van der Waals surface area contributed by atoms with Crippen LogP contribution in [0.1, 0.15) is 30.1 Å². The summed E-state index contributed by atoms with van der Waals surface area (Å²) in [6.07, 6.45) is 4.17. The first-order valence-electron chi connectivity index (χ1n) is 7.10. The zero-order valence-electron chi connectivity index (χ0n) is 11.9. The maximum absolute atomic E-state index is 11.7. The highest BCUT2D eigenvalue weighted by molar-refractivity contribution is 5.94. The number of rotatable bonds is 7. The van der Waals surface area contributed by atoms with Gasteiger partial charge in [-0.15, -0.1) is 6.58 Å². The molecule has 0 aromatic heterocycles. The molecule has 0 atom stereocenters. The Bertz CT molecular complexity index is 450. The maximum Gasteiger partial charge on any atom is 0.251 e. The van der Waals surface area contributed by atoms with Gasteiger partial charge in [-0.3, -0.25) is 4.79 Å². The van der Waals surface area contributed by atoms with Gasteiger partial charge >= 0.3 is 0 Å². The summed E-state index contributed by atoms with van der Waals surface area (Å²) in [5, 5.41) is 6.21. The lowest BCUT2D eigenvalue weighted by molar-refractivity contribution is 0.00299. The van der Waals surface area contributed by atoms with Crippen LogP contribution in [0.2, 0.25) is 0 Å². The predicted molar refractivity (Wildman–Crippen MR) is 81.0 cm³/mol. The zero-order chi connectivity index (χ0) is 14.4. The third-order valence-electron chi connectivity index (χ3n) is 3.42. The molecule has 20 heavy (non-hydrogen) atoms. The molecule has 2 rings (SSSR count). The molecule has 1 aliphatic carbocycles. The molecule has 1 aromatic carbocycles. The van der Waals surface area contributed by atoms with Crippen LogP contribution in [0.5, 0.6) is 0 Å². The van der Waals surface area contributed by atoms with Gasteiger partial charge in [-0.25, -0.2) is 0 Å². The van der Waals surface area contributed by atoms with Gasteiger partial charge in [-0.2, -0.15) is 0 Å². The number of amides is 1. The highest BCUT2D eigenvalue weighted by atomic mass is 16.5. The van der Waals surface area contributed by atoms with Gasteiger partial charge < -0.3 is 15.4 Å². The molecule has 1 fully saturated rings. The molecule has 0 saturated heterocycles. The Hall–Kier alpha value is -1.81. The van der Waals surface area contributed by atoms with E-state index < -0.39 is 0 Å². The van der Waals surface area contributed by atoms with Crippen molar-refractivity contribution < 1.29 is 9.53 Å². The molecule has 4 nitrogen and oxygen atoms in total. The Balaban J connectivity index is 1.80. The highest BCUT2D eigenvalue weighted by Crippen LogP contribution is 2.26. The summed E-state index contributed by atoms with van der Waals surface area (Å²) < 4.78 is 5.53. The quantitative estimate of drug-likeness (QED) is 0.751. The predicted octanol–water partition coefficient (Wildman–Crippen LogP) is 2.58. The van der Waals surface area contributed by atoms with Crippen LogP contribution < -0.4 is 10.6 Å². The van der Waals surface area contributed by atoms with Gasteiger partial charge in [0, 0.05) is 30.4 Å². The molecule has 4 heteroatoms. The molecule has 108 valence electrons. The lowest BCUT2D eigenvalue weighted by atomic mass is 9.89. The van der Waals surface area contributed by atoms with Crippen molar-refractivity contribution >= 4 is 11.6 Å². The summed E-state index contributed by atoms with van der Waals surface area (Å²) in [7, 11) is 0. The molecule has 1 aliphatic rings. The monoisotopic (exact) mass is 274 g/mol. The van der Waals surface area contributed by atoms with E-state index in [9.17, 15) is 4.79 Å². The largest absolute Gasteiger partial charge is 0.382 e. The van der Waals surface area contributed by atoms with E-state index in [2.05, 4.69) is 17.2 Å². The summed E-state index contributed by atoms with van der Waals surface area (Å²) >= 11 is 0. The molecular formula is C16H22N2O2. The summed E-state index contributed by atoms with van der Waals surface area (Å²) in [5.74, 6) is -0.0727. The van der Waals surface area contributed by atoms with Crippen molar-refractivity contribution in [3.05, 3.63) is 42.5 Å². The van der Waals surface area contributed by atoms with E-state index in [1.165, 1.54) is 0 Å². The first-order valence-corrected chi connectivity index (χ1v) is 7.10. The molecule has 0 bridgehead atoms. The van der Waals surface area contributed by atoms with Crippen LogP contribution in [0.15, 0.2) is 36.9 Å². The first kappa shape index (κ1) is 14.6. The second-order valence-corrected chi connectivity index (χ2v) is 4.97. The molecule has 0 aliphatic heterocycles. The van der Waals surface area contributed by atoms with Crippen molar-refractivity contribution in [1.82, 2.24) is 5.32 Å². The molecule has 1 aromatic rings. The average molecular weight is 274 g/mol. The van der Waals surface area contributed by atoms with Crippen LogP contribution in [0.3, 0.4) is 0 Å². The number of ether oxygens (including phenoxy) is 1. The molecule has 1 saturated carbocycles. The van der Waals surface area contributed by atoms with Crippen molar-refractivity contribution in [3.8, 4) is 0 Å². The highest BCUT2D eigenvalue weighted by Gasteiger charge is 2.29. The lowest BCUT2D eigenvalue weighted by Gasteiger charge is -2.36. The fourth-order valence-corrected chi connectivity index (χ4v) is 2.28. The number of hydrogen-bond acceptors (Lipinski definition) is 3. The SMILES string of the molecule is C=CCNC(=O)c1ccc(NC2CC(OCC)C2)cc1. The van der Waals surface area contributed by atoms with Crippen LogP contribution in [0.4, 0.5) is 5.69 Å². The minimum Gasteiger partial charge on any atom is -0.382 e. The van der Waals surface area contributed by atoms with Gasteiger partial charge in [-0.1, -0.05) is 6.08 Å². The van der Waals surface area contributed by atoms with E-state index in [4.69, 9.17) is 4.74 Å². The first-order chi connectivity index (χ1) is 9.72. The van der Waals surface area contributed by atoms with Crippen LogP contribution in [0.25, 0.3) is 0 Å². The number of carbonyl (C=O) groups excluding carboxylic acids is 1. The molecule has 1 amide bonds. The van der Waals surface area contributed by atoms with Crippen molar-refractivity contribution in [3.63, 3.8) is 0 Å². The van der Waals surface area contributed by atoms with E-state index in [0.29, 0.717) is 24.3 Å². The number of anilines is 1. The Labute approximate surface area is 120 Å². The molecule has 0 unspecified atom stereocenters. The zero-order valence-corrected chi connectivity index (χ0v) is 11.9. The number of carbonyl (C=O) groups is 1.